The molecule has 1 amide bonds. The summed E-state index contributed by atoms with van der Waals surface area (Å²) in [7, 11) is 3.20. The zero-order valence-corrected chi connectivity index (χ0v) is 10.8. The van der Waals surface area contributed by atoms with Crippen LogP contribution in [0.4, 0.5) is 5.69 Å². The molecule has 1 unspecified atom stereocenters. The number of methoxy groups -OCH3 is 1. The van der Waals surface area contributed by atoms with Crippen LogP contribution in [0.1, 0.15) is 23.7 Å². The van der Waals surface area contributed by atoms with Crippen molar-refractivity contribution in [2.45, 2.75) is 19.4 Å². The number of nitrogen functional groups attached to an aromatic ring is 1. The van der Waals surface area contributed by atoms with Gasteiger partial charge in [-0.25, -0.2) is 0 Å². The Morgan fingerprint density at radius 1 is 1.61 bits per heavy atom. The van der Waals surface area contributed by atoms with Gasteiger partial charge < -0.3 is 15.4 Å². The molecule has 0 aliphatic carbocycles. The Morgan fingerprint density at radius 3 is 2.78 bits per heavy atom. The highest BCUT2D eigenvalue weighted by molar-refractivity contribution is 5.99. The van der Waals surface area contributed by atoms with E-state index in [0.717, 1.165) is 0 Å². The molecule has 0 aromatic heterocycles. The van der Waals surface area contributed by atoms with Crippen LogP contribution in [-0.4, -0.2) is 31.0 Å². The molecule has 0 aliphatic heterocycles. The molecule has 96 valence electrons. The lowest BCUT2D eigenvalue weighted by atomic mass is 10.1. The molecular weight excluding hydrogens is 230 g/mol. The number of ether oxygens (including phenoxy) is 1. The van der Waals surface area contributed by atoms with Gasteiger partial charge in [-0.3, -0.25) is 4.79 Å². The van der Waals surface area contributed by atoms with E-state index in [9.17, 15) is 4.79 Å². The normalized spacial score (nSPS) is 11.4. The molecular formula is C13H17N3O2. The lowest BCUT2D eigenvalue weighted by molar-refractivity contribution is 0.0747. The molecule has 0 saturated carbocycles. The summed E-state index contributed by atoms with van der Waals surface area (Å²) >= 11 is 0. The standard InChI is InChI=1S/C13H17N3O2/c1-9(6-7-14)16(2)13(17)11-5-4-10(18-3)8-12(11)15/h4-5,8-9H,6,15H2,1-3H3. The monoisotopic (exact) mass is 247 g/mol. The molecule has 1 aromatic carbocycles. The molecule has 0 fully saturated rings. The fourth-order valence-corrected chi connectivity index (χ4v) is 1.52. The number of nitriles is 1. The Labute approximate surface area is 107 Å². The summed E-state index contributed by atoms with van der Waals surface area (Å²) in [5.41, 5.74) is 6.61. The fourth-order valence-electron chi connectivity index (χ4n) is 1.52. The van der Waals surface area contributed by atoms with Gasteiger partial charge in [-0.1, -0.05) is 0 Å². The zero-order chi connectivity index (χ0) is 13.7. The Balaban J connectivity index is 2.94. The summed E-state index contributed by atoms with van der Waals surface area (Å²) in [5.74, 6) is 0.412. The first kappa shape index (κ1) is 13.8. The molecule has 0 saturated heterocycles. The van der Waals surface area contributed by atoms with E-state index >= 15 is 0 Å². The number of carbonyl (C=O) groups excluding carboxylic acids is 1. The number of nitrogens with zero attached hydrogens (tertiary/aromatic N) is 2. The van der Waals surface area contributed by atoms with Crippen LogP contribution < -0.4 is 10.5 Å². The lowest BCUT2D eigenvalue weighted by Gasteiger charge is -2.23. The van der Waals surface area contributed by atoms with Gasteiger partial charge in [0.1, 0.15) is 5.75 Å². The predicted octanol–water partition coefficient (Wildman–Crippen LogP) is 1.65. The molecule has 0 bridgehead atoms. The topological polar surface area (TPSA) is 79.3 Å². The summed E-state index contributed by atoms with van der Waals surface area (Å²) in [6.45, 7) is 1.82. The second-order valence-electron chi connectivity index (χ2n) is 4.08. The maximum Gasteiger partial charge on any atom is 0.255 e. The SMILES string of the molecule is COc1ccc(C(=O)N(C)C(C)CC#N)c(N)c1. The van der Waals surface area contributed by atoms with Crippen molar-refractivity contribution in [2.75, 3.05) is 19.9 Å². The van der Waals surface area contributed by atoms with Crippen LogP contribution >= 0.6 is 0 Å². The molecule has 0 radical (unpaired) electrons. The van der Waals surface area contributed by atoms with E-state index in [1.165, 1.54) is 12.0 Å². The van der Waals surface area contributed by atoms with Crippen molar-refractivity contribution < 1.29 is 9.53 Å². The number of rotatable bonds is 4. The minimum absolute atomic E-state index is 0.149. The molecule has 5 nitrogen and oxygen atoms in total. The van der Waals surface area contributed by atoms with Crippen LogP contribution in [0.25, 0.3) is 0 Å². The molecule has 5 heteroatoms. The molecule has 2 N–H and O–H groups in total. The van der Waals surface area contributed by atoms with E-state index in [1.807, 2.05) is 13.0 Å². The molecule has 0 heterocycles. The van der Waals surface area contributed by atoms with Gasteiger partial charge in [-0.05, 0) is 19.1 Å². The zero-order valence-electron chi connectivity index (χ0n) is 10.8. The minimum Gasteiger partial charge on any atom is -0.497 e. The molecule has 1 rings (SSSR count). The third kappa shape index (κ3) is 2.92. The Hall–Kier alpha value is -2.22. The van der Waals surface area contributed by atoms with E-state index in [0.29, 0.717) is 17.0 Å². The van der Waals surface area contributed by atoms with E-state index < -0.39 is 0 Å². The third-order valence-corrected chi connectivity index (χ3v) is 2.86. The number of hydrogen-bond acceptors (Lipinski definition) is 4. The van der Waals surface area contributed by atoms with E-state index in [-0.39, 0.29) is 18.4 Å². The summed E-state index contributed by atoms with van der Waals surface area (Å²) in [5, 5.41) is 8.63. The third-order valence-electron chi connectivity index (χ3n) is 2.86. The van der Waals surface area contributed by atoms with Gasteiger partial charge >= 0.3 is 0 Å². The number of amides is 1. The number of anilines is 1. The van der Waals surface area contributed by atoms with Crippen molar-refractivity contribution in [3.8, 4) is 11.8 Å². The van der Waals surface area contributed by atoms with E-state index in [2.05, 4.69) is 0 Å². The molecule has 18 heavy (non-hydrogen) atoms. The lowest BCUT2D eigenvalue weighted by Crippen LogP contribution is -2.35. The maximum atomic E-state index is 12.2. The van der Waals surface area contributed by atoms with Gasteiger partial charge in [0.15, 0.2) is 0 Å². The van der Waals surface area contributed by atoms with Crippen molar-refractivity contribution in [1.29, 1.82) is 5.26 Å². The van der Waals surface area contributed by atoms with E-state index in [4.69, 9.17) is 15.7 Å². The predicted molar refractivity (Wildman–Crippen MR) is 69.2 cm³/mol. The van der Waals surface area contributed by atoms with Crippen LogP contribution in [0, 0.1) is 11.3 Å². The first-order valence-electron chi connectivity index (χ1n) is 5.58. The van der Waals surface area contributed by atoms with Crippen molar-refractivity contribution in [1.82, 2.24) is 4.90 Å². The minimum atomic E-state index is -0.196. The van der Waals surface area contributed by atoms with E-state index in [1.54, 1.807) is 25.2 Å². The summed E-state index contributed by atoms with van der Waals surface area (Å²) in [4.78, 5) is 13.7. The highest BCUT2D eigenvalue weighted by Gasteiger charge is 2.19. The number of benzene rings is 1. The van der Waals surface area contributed by atoms with Gasteiger partial charge in [0.05, 0.1) is 25.2 Å². The fraction of sp³-hybridized carbons (Fsp3) is 0.385. The molecule has 0 spiro atoms. The average Bonchev–Trinajstić information content (AvgIpc) is 2.37. The van der Waals surface area contributed by atoms with Crippen LogP contribution in [-0.2, 0) is 0 Å². The van der Waals surface area contributed by atoms with Gasteiger partial charge in [0, 0.05) is 24.8 Å². The average molecular weight is 247 g/mol. The van der Waals surface area contributed by atoms with Crippen molar-refractivity contribution in [2.24, 2.45) is 0 Å². The Morgan fingerprint density at radius 2 is 2.28 bits per heavy atom. The van der Waals surface area contributed by atoms with Gasteiger partial charge in [-0.15, -0.1) is 0 Å². The van der Waals surface area contributed by atoms with Crippen LogP contribution in [0.2, 0.25) is 0 Å². The maximum absolute atomic E-state index is 12.2. The largest absolute Gasteiger partial charge is 0.497 e. The summed E-state index contributed by atoms with van der Waals surface area (Å²) in [6.07, 6.45) is 0.290. The molecule has 1 aromatic rings. The smallest absolute Gasteiger partial charge is 0.255 e. The van der Waals surface area contributed by atoms with Gasteiger partial charge in [0.25, 0.3) is 5.91 Å². The Bertz CT molecular complexity index is 480. The van der Waals surface area contributed by atoms with Crippen LogP contribution in [0.15, 0.2) is 18.2 Å². The van der Waals surface area contributed by atoms with Crippen molar-refractivity contribution in [3.05, 3.63) is 23.8 Å². The molecule has 1 atom stereocenters. The van der Waals surface area contributed by atoms with Crippen LogP contribution in [0.3, 0.4) is 0 Å². The van der Waals surface area contributed by atoms with Gasteiger partial charge in [-0.2, -0.15) is 5.26 Å². The van der Waals surface area contributed by atoms with Crippen molar-refractivity contribution >= 4 is 11.6 Å². The van der Waals surface area contributed by atoms with Gasteiger partial charge in [0.2, 0.25) is 0 Å². The molecule has 0 aliphatic rings. The second kappa shape index (κ2) is 5.92. The first-order chi connectivity index (χ1) is 8.51. The van der Waals surface area contributed by atoms with Crippen LogP contribution in [0.5, 0.6) is 5.75 Å². The summed E-state index contributed by atoms with van der Waals surface area (Å²) in [6, 6.07) is 6.82. The Kier molecular flexibility index (Phi) is 4.55. The number of carbonyl (C=O) groups is 1. The summed E-state index contributed by atoms with van der Waals surface area (Å²) < 4.78 is 5.03. The second-order valence-corrected chi connectivity index (χ2v) is 4.08. The highest BCUT2D eigenvalue weighted by atomic mass is 16.5. The quantitative estimate of drug-likeness (QED) is 0.820. The highest BCUT2D eigenvalue weighted by Crippen LogP contribution is 2.21. The number of hydrogen-bond donors (Lipinski definition) is 1. The number of nitrogens with two attached hydrogens (primary N) is 1. The van der Waals surface area contributed by atoms with Crippen molar-refractivity contribution in [3.63, 3.8) is 0 Å². The first-order valence-corrected chi connectivity index (χ1v) is 5.58.